The topological polar surface area (TPSA) is 142 Å². The fourth-order valence-electron chi connectivity index (χ4n) is 4.02. The molecule has 36 heavy (non-hydrogen) atoms. The summed E-state index contributed by atoms with van der Waals surface area (Å²) in [5, 5.41) is 19.1. The van der Waals surface area contributed by atoms with Crippen molar-refractivity contribution in [2.75, 3.05) is 18.9 Å². The number of nitriles is 1. The number of nitrogens with zero attached hydrogens (tertiary/aromatic N) is 5. The van der Waals surface area contributed by atoms with Gasteiger partial charge in [0.1, 0.15) is 23.7 Å². The number of halogens is 1. The van der Waals surface area contributed by atoms with Crippen molar-refractivity contribution in [2.45, 2.75) is 19.6 Å². The van der Waals surface area contributed by atoms with Crippen molar-refractivity contribution in [2.24, 2.45) is 7.05 Å². The number of benzene rings is 1. The first-order valence-corrected chi connectivity index (χ1v) is 10.9. The minimum Gasteiger partial charge on any atom is -0.482 e. The molecule has 0 unspecified atom stereocenters. The summed E-state index contributed by atoms with van der Waals surface area (Å²) in [6, 6.07) is 7.52. The minimum atomic E-state index is -0.822. The summed E-state index contributed by atoms with van der Waals surface area (Å²) >= 11 is 0. The molecule has 2 aromatic heterocycles. The molecule has 12 heteroatoms. The fourth-order valence-corrected chi connectivity index (χ4v) is 4.02. The summed E-state index contributed by atoms with van der Waals surface area (Å²) in [6.07, 6.45) is 1.01. The van der Waals surface area contributed by atoms with Crippen LogP contribution in [0.15, 0.2) is 30.5 Å². The summed E-state index contributed by atoms with van der Waals surface area (Å²) in [5.74, 6) is -1.31. The number of fused-ring (bicyclic) bond motifs is 5. The van der Waals surface area contributed by atoms with Crippen molar-refractivity contribution in [3.05, 3.63) is 58.8 Å². The monoisotopic (exact) mass is 491 g/mol. The van der Waals surface area contributed by atoms with E-state index in [2.05, 4.69) is 26.8 Å². The van der Waals surface area contributed by atoms with Gasteiger partial charge in [-0.2, -0.15) is 10.4 Å². The number of anilines is 1. The molecule has 0 fully saturated rings. The van der Waals surface area contributed by atoms with E-state index in [-0.39, 0.29) is 41.8 Å². The highest BCUT2D eigenvalue weighted by Gasteiger charge is 2.27. The Morgan fingerprint density at radius 2 is 2.14 bits per heavy atom. The fraction of sp³-hybridized carbons (Fsp3) is 0.250. The number of amides is 3. The zero-order valence-corrected chi connectivity index (χ0v) is 19.7. The molecule has 1 atom stereocenters. The molecule has 3 amide bonds. The second-order valence-corrected chi connectivity index (χ2v) is 8.18. The molecule has 2 N–H and O–H groups in total. The molecule has 1 aromatic carbocycles. The van der Waals surface area contributed by atoms with Gasteiger partial charge in [0.05, 0.1) is 18.8 Å². The van der Waals surface area contributed by atoms with Crippen LogP contribution in [-0.4, -0.2) is 51.5 Å². The van der Waals surface area contributed by atoms with Crippen molar-refractivity contribution in [3.63, 3.8) is 0 Å². The number of ether oxygens (including phenoxy) is 1. The van der Waals surface area contributed by atoms with Gasteiger partial charge in [0, 0.05) is 42.5 Å². The highest BCUT2D eigenvalue weighted by molar-refractivity contribution is 5.96. The third kappa shape index (κ3) is 4.58. The average molecular weight is 491 g/mol. The highest BCUT2D eigenvalue weighted by Crippen LogP contribution is 2.36. The number of nitrogens with one attached hydrogen (secondary N) is 2. The molecule has 184 valence electrons. The summed E-state index contributed by atoms with van der Waals surface area (Å²) in [7, 11) is 3.21. The molecule has 0 radical (unpaired) electrons. The second kappa shape index (κ2) is 9.83. The lowest BCUT2D eigenvalue weighted by atomic mass is 10.00. The Balaban J connectivity index is 1.92. The number of hydrogen-bond donors (Lipinski definition) is 2. The number of carbonyl (C=O) groups excluding carboxylic acids is 3. The van der Waals surface area contributed by atoms with E-state index in [1.54, 1.807) is 27.1 Å². The van der Waals surface area contributed by atoms with Crippen LogP contribution in [0.1, 0.15) is 40.3 Å². The molecule has 0 aliphatic carbocycles. The van der Waals surface area contributed by atoms with Gasteiger partial charge in [-0.25, -0.2) is 9.37 Å². The van der Waals surface area contributed by atoms with E-state index in [1.807, 2.05) is 0 Å². The number of rotatable bonds is 4. The standard InChI is InChI=1S/C24H22FN7O4/c1-13-17-7-15(25)4-5-16(17)24(35)31(2)11-18-22(19(8-26)32(3)30-18)14-6-20(36-13)23(28-9-14)29-21(34)10-27-12-33/h4-7,9,12-13H,10-11H2,1-3H3,(H,27,33)(H,28,29,34)/t13-/m1/s1. The molecule has 1 aliphatic rings. The first-order chi connectivity index (χ1) is 17.2. The molecule has 1 aliphatic heterocycles. The van der Waals surface area contributed by atoms with E-state index in [1.165, 1.54) is 34.0 Å². The van der Waals surface area contributed by atoms with Gasteiger partial charge in [0.15, 0.2) is 11.6 Å². The molecule has 3 aromatic rings. The van der Waals surface area contributed by atoms with Crippen molar-refractivity contribution in [1.29, 1.82) is 5.26 Å². The summed E-state index contributed by atoms with van der Waals surface area (Å²) < 4.78 is 21.7. The number of aryl methyl sites for hydroxylation is 1. The quantitative estimate of drug-likeness (QED) is 0.531. The van der Waals surface area contributed by atoms with Crippen molar-refractivity contribution < 1.29 is 23.5 Å². The van der Waals surface area contributed by atoms with Crippen LogP contribution in [0.3, 0.4) is 0 Å². The molecule has 0 spiro atoms. The van der Waals surface area contributed by atoms with Crippen LogP contribution in [-0.2, 0) is 23.2 Å². The van der Waals surface area contributed by atoms with Gasteiger partial charge < -0.3 is 20.3 Å². The van der Waals surface area contributed by atoms with Crippen molar-refractivity contribution in [3.8, 4) is 22.9 Å². The highest BCUT2D eigenvalue weighted by atomic mass is 19.1. The summed E-state index contributed by atoms with van der Waals surface area (Å²) in [5.41, 5.74) is 2.17. The smallest absolute Gasteiger partial charge is 0.254 e. The number of carbonyl (C=O) groups is 3. The van der Waals surface area contributed by atoms with E-state index < -0.39 is 17.8 Å². The number of aromatic nitrogens is 3. The first kappa shape index (κ1) is 24.3. The molecule has 4 rings (SSSR count). The van der Waals surface area contributed by atoms with Crippen LogP contribution in [0.25, 0.3) is 11.1 Å². The summed E-state index contributed by atoms with van der Waals surface area (Å²) in [4.78, 5) is 41.9. The van der Waals surface area contributed by atoms with E-state index in [0.29, 0.717) is 28.8 Å². The summed E-state index contributed by atoms with van der Waals surface area (Å²) in [6.45, 7) is 1.42. The van der Waals surface area contributed by atoms with Crippen LogP contribution in [0.2, 0.25) is 0 Å². The van der Waals surface area contributed by atoms with Gasteiger partial charge >= 0.3 is 0 Å². The zero-order chi connectivity index (χ0) is 26.0. The van der Waals surface area contributed by atoms with E-state index >= 15 is 0 Å². The Morgan fingerprint density at radius 1 is 1.36 bits per heavy atom. The molecule has 0 saturated carbocycles. The molecule has 2 bridgehead atoms. The maximum atomic E-state index is 14.2. The Kier molecular flexibility index (Phi) is 6.64. The van der Waals surface area contributed by atoms with Gasteiger partial charge in [-0.05, 0) is 31.2 Å². The largest absolute Gasteiger partial charge is 0.482 e. The minimum absolute atomic E-state index is 0.0469. The normalized spacial score (nSPS) is 14.8. The van der Waals surface area contributed by atoms with Crippen LogP contribution in [0.4, 0.5) is 10.2 Å². The van der Waals surface area contributed by atoms with E-state index in [4.69, 9.17) is 4.74 Å². The van der Waals surface area contributed by atoms with Crippen molar-refractivity contribution >= 4 is 24.0 Å². The van der Waals surface area contributed by atoms with Crippen LogP contribution < -0.4 is 15.4 Å². The Labute approximate surface area is 205 Å². The van der Waals surface area contributed by atoms with Gasteiger partial charge in [-0.3, -0.25) is 19.1 Å². The average Bonchev–Trinajstić information content (AvgIpc) is 3.16. The lowest BCUT2D eigenvalue weighted by molar-refractivity contribution is -0.118. The molecule has 11 nitrogen and oxygen atoms in total. The predicted octanol–water partition coefficient (Wildman–Crippen LogP) is 1.90. The third-order valence-corrected chi connectivity index (χ3v) is 5.69. The predicted molar refractivity (Wildman–Crippen MR) is 125 cm³/mol. The van der Waals surface area contributed by atoms with E-state index in [9.17, 15) is 24.0 Å². The Morgan fingerprint density at radius 3 is 2.86 bits per heavy atom. The van der Waals surface area contributed by atoms with E-state index in [0.717, 1.165) is 0 Å². The molecular formula is C24H22FN7O4. The van der Waals surface area contributed by atoms with Gasteiger partial charge in [-0.1, -0.05) is 0 Å². The third-order valence-electron chi connectivity index (χ3n) is 5.69. The number of hydrogen-bond acceptors (Lipinski definition) is 7. The molecular weight excluding hydrogens is 469 g/mol. The van der Waals surface area contributed by atoms with Crippen LogP contribution in [0.5, 0.6) is 5.75 Å². The van der Waals surface area contributed by atoms with Gasteiger partial charge in [-0.15, -0.1) is 0 Å². The second-order valence-electron chi connectivity index (χ2n) is 8.18. The van der Waals surface area contributed by atoms with Crippen molar-refractivity contribution in [1.82, 2.24) is 25.0 Å². The Bertz CT molecular complexity index is 1410. The molecule has 0 saturated heterocycles. The van der Waals surface area contributed by atoms with Crippen LogP contribution >= 0.6 is 0 Å². The van der Waals surface area contributed by atoms with Crippen LogP contribution in [0, 0.1) is 17.1 Å². The van der Waals surface area contributed by atoms with Gasteiger partial charge in [0.2, 0.25) is 12.3 Å². The first-order valence-electron chi connectivity index (χ1n) is 10.9. The zero-order valence-electron chi connectivity index (χ0n) is 19.7. The number of pyridine rings is 1. The lowest BCUT2D eigenvalue weighted by Crippen LogP contribution is -2.29. The Hall–Kier alpha value is -4.79. The maximum Gasteiger partial charge on any atom is 0.254 e. The lowest BCUT2D eigenvalue weighted by Gasteiger charge is -2.24. The molecule has 3 heterocycles. The van der Waals surface area contributed by atoms with Gasteiger partial charge in [0.25, 0.3) is 5.91 Å². The maximum absolute atomic E-state index is 14.2. The SMILES string of the molecule is C[C@H]1Oc2cc(cnc2NC(=O)CNC=O)-c2c(nn(C)c2C#N)CN(C)C(=O)c2ccc(F)cc21.